The molecule has 1 aromatic rings. The van der Waals surface area contributed by atoms with Crippen molar-refractivity contribution >= 4 is 18.4 Å². The fraction of sp³-hybridized carbons (Fsp3) is 0.364. The monoisotopic (exact) mass is 192 g/mol. The average Bonchev–Trinajstić information content (AvgIpc) is 2.91. The zero-order valence-electron chi connectivity index (χ0n) is 7.36. The third kappa shape index (κ3) is 2.34. The summed E-state index contributed by atoms with van der Waals surface area (Å²) in [5.74, 6) is 0.766. The molecule has 13 heavy (non-hydrogen) atoms. The number of rotatable bonds is 3. The van der Waals surface area contributed by atoms with Gasteiger partial charge < -0.3 is 0 Å². The lowest BCUT2D eigenvalue weighted by Gasteiger charge is -1.99. The zero-order valence-corrected chi connectivity index (χ0v) is 8.26. The predicted molar refractivity (Wildman–Crippen MR) is 55.1 cm³/mol. The van der Waals surface area contributed by atoms with Gasteiger partial charge in [-0.25, -0.2) is 0 Å². The van der Waals surface area contributed by atoms with Gasteiger partial charge in [0.2, 0.25) is 0 Å². The number of carbonyl (C=O) groups excluding carboxylic acids is 1. The van der Waals surface area contributed by atoms with Crippen molar-refractivity contribution in [1.82, 2.24) is 0 Å². The molecule has 0 bridgehead atoms. The number of thiol groups is 1. The van der Waals surface area contributed by atoms with Crippen LogP contribution in [0.2, 0.25) is 0 Å². The Hall–Kier alpha value is -0.760. The molecule has 1 fully saturated rings. The number of ketones is 1. The van der Waals surface area contributed by atoms with Gasteiger partial charge in [0, 0.05) is 17.2 Å². The first-order valence-electron chi connectivity index (χ1n) is 4.56. The van der Waals surface area contributed by atoms with E-state index >= 15 is 0 Å². The molecule has 68 valence electrons. The minimum atomic E-state index is 0.371. The summed E-state index contributed by atoms with van der Waals surface area (Å²) in [5, 5.41) is 0. The van der Waals surface area contributed by atoms with Crippen LogP contribution in [0.15, 0.2) is 29.2 Å². The SMILES string of the molecule is O=C(Cc1ccc(S)cc1)C1CC1. The highest BCUT2D eigenvalue weighted by Crippen LogP contribution is 2.30. The van der Waals surface area contributed by atoms with Crippen LogP contribution in [0.5, 0.6) is 0 Å². The van der Waals surface area contributed by atoms with E-state index in [2.05, 4.69) is 12.6 Å². The number of hydrogen-bond acceptors (Lipinski definition) is 2. The first kappa shape index (κ1) is 8.82. The number of Topliss-reactive ketones (excluding diaryl/α,β-unsaturated/α-hetero) is 1. The largest absolute Gasteiger partial charge is 0.299 e. The van der Waals surface area contributed by atoms with E-state index in [4.69, 9.17) is 0 Å². The van der Waals surface area contributed by atoms with E-state index in [1.807, 2.05) is 24.3 Å². The normalized spacial score (nSPS) is 15.8. The quantitative estimate of drug-likeness (QED) is 0.728. The predicted octanol–water partition coefficient (Wildman–Crippen LogP) is 2.50. The van der Waals surface area contributed by atoms with Crippen LogP contribution in [-0.4, -0.2) is 5.78 Å². The summed E-state index contributed by atoms with van der Waals surface area (Å²) in [7, 11) is 0. The molecule has 0 aromatic heterocycles. The highest BCUT2D eigenvalue weighted by atomic mass is 32.1. The second-order valence-corrected chi connectivity index (χ2v) is 4.10. The lowest BCUT2D eigenvalue weighted by molar-refractivity contribution is -0.119. The molecule has 2 rings (SSSR count). The molecule has 0 unspecified atom stereocenters. The number of benzene rings is 1. The summed E-state index contributed by atoms with van der Waals surface area (Å²) in [6.45, 7) is 0. The van der Waals surface area contributed by atoms with Crippen LogP contribution in [0.4, 0.5) is 0 Å². The van der Waals surface area contributed by atoms with Crippen LogP contribution in [0.3, 0.4) is 0 Å². The van der Waals surface area contributed by atoms with Gasteiger partial charge in [-0.2, -0.15) is 0 Å². The molecule has 2 heteroatoms. The van der Waals surface area contributed by atoms with Crippen LogP contribution in [0.25, 0.3) is 0 Å². The van der Waals surface area contributed by atoms with Gasteiger partial charge in [-0.15, -0.1) is 12.6 Å². The summed E-state index contributed by atoms with van der Waals surface area (Å²) in [6, 6.07) is 7.81. The molecule has 0 aliphatic heterocycles. The molecule has 0 spiro atoms. The molecular weight excluding hydrogens is 180 g/mol. The van der Waals surface area contributed by atoms with Crippen molar-refractivity contribution in [2.75, 3.05) is 0 Å². The van der Waals surface area contributed by atoms with Crippen molar-refractivity contribution in [2.24, 2.45) is 5.92 Å². The first-order chi connectivity index (χ1) is 6.25. The van der Waals surface area contributed by atoms with Crippen molar-refractivity contribution in [3.8, 4) is 0 Å². The summed E-state index contributed by atoms with van der Waals surface area (Å²) in [5.41, 5.74) is 1.11. The van der Waals surface area contributed by atoms with E-state index in [0.29, 0.717) is 18.1 Å². The van der Waals surface area contributed by atoms with Gasteiger partial charge in [0.05, 0.1) is 0 Å². The molecule has 0 N–H and O–H groups in total. The molecule has 0 radical (unpaired) electrons. The molecule has 1 saturated carbocycles. The number of carbonyl (C=O) groups is 1. The minimum Gasteiger partial charge on any atom is -0.299 e. The molecule has 0 atom stereocenters. The average molecular weight is 192 g/mol. The molecule has 1 nitrogen and oxygen atoms in total. The van der Waals surface area contributed by atoms with Gasteiger partial charge >= 0.3 is 0 Å². The Labute approximate surface area is 83.6 Å². The van der Waals surface area contributed by atoms with Gasteiger partial charge in [-0.3, -0.25) is 4.79 Å². The van der Waals surface area contributed by atoms with Crippen LogP contribution in [0, 0.1) is 5.92 Å². The molecular formula is C11H12OS. The van der Waals surface area contributed by atoms with E-state index in [0.717, 1.165) is 23.3 Å². The van der Waals surface area contributed by atoms with E-state index in [-0.39, 0.29) is 0 Å². The fourth-order valence-electron chi connectivity index (χ4n) is 1.36. The Morgan fingerprint density at radius 3 is 2.46 bits per heavy atom. The van der Waals surface area contributed by atoms with E-state index in [1.165, 1.54) is 0 Å². The molecule has 1 aromatic carbocycles. The van der Waals surface area contributed by atoms with Crippen molar-refractivity contribution in [3.05, 3.63) is 29.8 Å². The third-order valence-electron chi connectivity index (χ3n) is 2.35. The molecule has 0 saturated heterocycles. The third-order valence-corrected chi connectivity index (χ3v) is 2.65. The standard InChI is InChI=1S/C11H12OS/c12-11(9-3-4-9)7-8-1-5-10(13)6-2-8/h1-2,5-6,9,13H,3-4,7H2. The van der Waals surface area contributed by atoms with Crippen molar-refractivity contribution in [3.63, 3.8) is 0 Å². The van der Waals surface area contributed by atoms with Crippen LogP contribution in [0.1, 0.15) is 18.4 Å². The summed E-state index contributed by atoms with van der Waals surface area (Å²) < 4.78 is 0. The van der Waals surface area contributed by atoms with Crippen molar-refractivity contribution in [1.29, 1.82) is 0 Å². The van der Waals surface area contributed by atoms with Gasteiger partial charge in [0.25, 0.3) is 0 Å². The maximum absolute atomic E-state index is 11.4. The second kappa shape index (κ2) is 3.54. The second-order valence-electron chi connectivity index (χ2n) is 3.58. The molecule has 0 heterocycles. The summed E-state index contributed by atoms with van der Waals surface area (Å²) in [6.07, 6.45) is 2.80. The van der Waals surface area contributed by atoms with Crippen LogP contribution < -0.4 is 0 Å². The first-order valence-corrected chi connectivity index (χ1v) is 5.01. The maximum Gasteiger partial charge on any atom is 0.140 e. The lowest BCUT2D eigenvalue weighted by Crippen LogP contribution is -2.04. The van der Waals surface area contributed by atoms with Crippen molar-refractivity contribution < 1.29 is 4.79 Å². The van der Waals surface area contributed by atoms with E-state index in [9.17, 15) is 4.79 Å². The Kier molecular flexibility index (Phi) is 2.40. The Bertz CT molecular complexity index is 311. The van der Waals surface area contributed by atoms with E-state index < -0.39 is 0 Å². The Balaban J connectivity index is 2.00. The highest BCUT2D eigenvalue weighted by molar-refractivity contribution is 7.80. The smallest absolute Gasteiger partial charge is 0.140 e. The topological polar surface area (TPSA) is 17.1 Å². The van der Waals surface area contributed by atoms with Crippen LogP contribution >= 0.6 is 12.6 Å². The zero-order chi connectivity index (χ0) is 9.26. The maximum atomic E-state index is 11.4. The summed E-state index contributed by atoms with van der Waals surface area (Å²) >= 11 is 4.19. The highest BCUT2D eigenvalue weighted by Gasteiger charge is 2.28. The minimum absolute atomic E-state index is 0.371. The molecule has 0 amide bonds. The fourth-order valence-corrected chi connectivity index (χ4v) is 1.51. The Morgan fingerprint density at radius 2 is 1.92 bits per heavy atom. The Morgan fingerprint density at radius 1 is 1.31 bits per heavy atom. The van der Waals surface area contributed by atoms with Gasteiger partial charge in [-0.1, -0.05) is 12.1 Å². The molecule has 1 aliphatic carbocycles. The van der Waals surface area contributed by atoms with Gasteiger partial charge in [-0.05, 0) is 30.5 Å². The van der Waals surface area contributed by atoms with Gasteiger partial charge in [0.1, 0.15) is 5.78 Å². The van der Waals surface area contributed by atoms with Crippen molar-refractivity contribution in [2.45, 2.75) is 24.2 Å². The summed E-state index contributed by atoms with van der Waals surface area (Å²) in [4.78, 5) is 12.4. The van der Waals surface area contributed by atoms with Gasteiger partial charge in [0.15, 0.2) is 0 Å². The lowest BCUT2D eigenvalue weighted by atomic mass is 10.1. The number of hydrogen-bond donors (Lipinski definition) is 1. The van der Waals surface area contributed by atoms with Crippen LogP contribution in [-0.2, 0) is 11.2 Å². The molecule has 1 aliphatic rings. The van der Waals surface area contributed by atoms with E-state index in [1.54, 1.807) is 0 Å².